The second-order valence-electron chi connectivity index (χ2n) is 5.46. The molecule has 6 heteroatoms. The molecule has 1 aromatic carbocycles. The van der Waals surface area contributed by atoms with Gasteiger partial charge in [0.05, 0.1) is 19.3 Å². The Balaban J connectivity index is 0.00000161. The van der Waals surface area contributed by atoms with E-state index in [0.29, 0.717) is 25.1 Å². The number of morpholine rings is 1. The maximum Gasteiger partial charge on any atom is 0.191 e. The lowest BCUT2D eigenvalue weighted by atomic mass is 9.76. The average molecular weight is 405 g/mol. The highest BCUT2D eigenvalue weighted by Gasteiger charge is 2.31. The number of halogens is 2. The molecule has 116 valence electrons. The first-order valence-electron chi connectivity index (χ1n) is 7.14. The first kappa shape index (κ1) is 16.5. The summed E-state index contributed by atoms with van der Waals surface area (Å²) in [6, 6.07) is 7.12. The van der Waals surface area contributed by atoms with Gasteiger partial charge in [0, 0.05) is 13.1 Å². The minimum absolute atomic E-state index is 0. The molecular weight excluding hydrogens is 384 g/mol. The quantitative estimate of drug-likeness (QED) is 0.467. The first-order chi connectivity index (χ1) is 9.72. The Kier molecular flexibility index (Phi) is 5.80. The van der Waals surface area contributed by atoms with Crippen LogP contribution in [0.5, 0.6) is 0 Å². The minimum atomic E-state index is -0.165. The molecule has 1 aliphatic carbocycles. The molecule has 0 radical (unpaired) electrons. The van der Waals surface area contributed by atoms with E-state index in [0.717, 1.165) is 31.5 Å². The highest BCUT2D eigenvalue weighted by Crippen LogP contribution is 2.38. The summed E-state index contributed by atoms with van der Waals surface area (Å²) in [5, 5.41) is 0. The van der Waals surface area contributed by atoms with Crippen molar-refractivity contribution in [3.8, 4) is 0 Å². The van der Waals surface area contributed by atoms with Gasteiger partial charge in [-0.15, -0.1) is 24.0 Å². The van der Waals surface area contributed by atoms with Crippen LogP contribution in [0.3, 0.4) is 0 Å². The minimum Gasteiger partial charge on any atom is -0.378 e. The van der Waals surface area contributed by atoms with E-state index in [1.807, 2.05) is 6.07 Å². The van der Waals surface area contributed by atoms with Crippen LogP contribution in [0.2, 0.25) is 0 Å². The monoisotopic (exact) mass is 405 g/mol. The Bertz CT molecular complexity index is 499. The Morgan fingerprint density at radius 1 is 1.29 bits per heavy atom. The second-order valence-corrected chi connectivity index (χ2v) is 5.46. The van der Waals surface area contributed by atoms with E-state index in [2.05, 4.69) is 9.89 Å². The largest absolute Gasteiger partial charge is 0.378 e. The average Bonchev–Trinajstić information content (AvgIpc) is 2.43. The molecule has 0 unspecified atom stereocenters. The molecule has 1 saturated carbocycles. The van der Waals surface area contributed by atoms with E-state index in [9.17, 15) is 4.39 Å². The van der Waals surface area contributed by atoms with E-state index in [1.54, 1.807) is 12.1 Å². The van der Waals surface area contributed by atoms with Gasteiger partial charge in [-0.3, -0.25) is 0 Å². The SMILES string of the molecule is I.NC(=NC1CC(c2cccc(F)c2)C1)N1CCOCC1. The van der Waals surface area contributed by atoms with Crippen LogP contribution in [0.4, 0.5) is 4.39 Å². The fourth-order valence-corrected chi connectivity index (χ4v) is 2.79. The van der Waals surface area contributed by atoms with Crippen molar-refractivity contribution in [3.05, 3.63) is 35.6 Å². The van der Waals surface area contributed by atoms with Crippen molar-refractivity contribution in [2.45, 2.75) is 24.8 Å². The van der Waals surface area contributed by atoms with Gasteiger partial charge < -0.3 is 15.4 Å². The first-order valence-corrected chi connectivity index (χ1v) is 7.14. The maximum absolute atomic E-state index is 13.2. The summed E-state index contributed by atoms with van der Waals surface area (Å²) in [6.07, 6.45) is 1.91. The Hall–Kier alpha value is -0.890. The summed E-state index contributed by atoms with van der Waals surface area (Å²) in [4.78, 5) is 6.64. The Morgan fingerprint density at radius 3 is 2.67 bits per heavy atom. The number of hydrogen-bond acceptors (Lipinski definition) is 2. The predicted molar refractivity (Wildman–Crippen MR) is 91.6 cm³/mol. The van der Waals surface area contributed by atoms with Crippen LogP contribution >= 0.6 is 24.0 Å². The molecule has 1 saturated heterocycles. The molecule has 21 heavy (non-hydrogen) atoms. The number of rotatable bonds is 2. The van der Waals surface area contributed by atoms with Gasteiger partial charge in [-0.05, 0) is 36.5 Å². The highest BCUT2D eigenvalue weighted by atomic mass is 127. The van der Waals surface area contributed by atoms with Crippen molar-refractivity contribution in [1.82, 2.24) is 4.90 Å². The molecule has 1 aliphatic heterocycles. The van der Waals surface area contributed by atoms with Crippen molar-refractivity contribution in [1.29, 1.82) is 0 Å². The van der Waals surface area contributed by atoms with Gasteiger partial charge in [-0.25, -0.2) is 9.38 Å². The maximum atomic E-state index is 13.2. The van der Waals surface area contributed by atoms with Crippen molar-refractivity contribution < 1.29 is 9.13 Å². The molecule has 2 N–H and O–H groups in total. The molecule has 2 aliphatic rings. The van der Waals surface area contributed by atoms with Gasteiger partial charge in [0.25, 0.3) is 0 Å². The number of nitrogens with zero attached hydrogens (tertiary/aromatic N) is 2. The van der Waals surface area contributed by atoms with Crippen LogP contribution in [0.1, 0.15) is 24.3 Å². The number of aliphatic imine (C=N–C) groups is 1. The van der Waals surface area contributed by atoms with Crippen LogP contribution in [0.25, 0.3) is 0 Å². The zero-order chi connectivity index (χ0) is 13.9. The normalized spacial score (nSPS) is 26.0. The summed E-state index contributed by atoms with van der Waals surface area (Å²) in [5.74, 6) is 0.871. The zero-order valence-electron chi connectivity index (χ0n) is 11.9. The van der Waals surface area contributed by atoms with Crippen LogP contribution < -0.4 is 5.73 Å². The third-order valence-corrected chi connectivity index (χ3v) is 4.08. The molecule has 1 aromatic rings. The molecular formula is C15H21FIN3O. The van der Waals surface area contributed by atoms with Crippen molar-refractivity contribution in [2.24, 2.45) is 10.7 Å². The topological polar surface area (TPSA) is 50.8 Å². The van der Waals surface area contributed by atoms with E-state index in [4.69, 9.17) is 10.5 Å². The van der Waals surface area contributed by atoms with Gasteiger partial charge in [0.1, 0.15) is 5.82 Å². The van der Waals surface area contributed by atoms with E-state index < -0.39 is 0 Å². The summed E-state index contributed by atoms with van der Waals surface area (Å²) in [6.45, 7) is 3.06. The van der Waals surface area contributed by atoms with Crippen LogP contribution in [0, 0.1) is 5.82 Å². The molecule has 0 amide bonds. The lowest BCUT2D eigenvalue weighted by molar-refractivity contribution is 0.0671. The predicted octanol–water partition coefficient (Wildman–Crippen LogP) is 2.34. The highest BCUT2D eigenvalue weighted by molar-refractivity contribution is 14.0. The van der Waals surface area contributed by atoms with Crippen molar-refractivity contribution >= 4 is 29.9 Å². The Labute approximate surface area is 141 Å². The molecule has 0 bridgehead atoms. The molecule has 2 fully saturated rings. The summed E-state index contributed by atoms with van der Waals surface area (Å²) >= 11 is 0. The van der Waals surface area contributed by atoms with Crippen molar-refractivity contribution in [2.75, 3.05) is 26.3 Å². The molecule has 3 rings (SSSR count). The lowest BCUT2D eigenvalue weighted by Gasteiger charge is -2.35. The third kappa shape index (κ3) is 4.06. The van der Waals surface area contributed by atoms with Gasteiger partial charge in [0.2, 0.25) is 0 Å². The third-order valence-electron chi connectivity index (χ3n) is 4.08. The number of ether oxygens (including phenoxy) is 1. The van der Waals surface area contributed by atoms with Crippen LogP contribution in [0.15, 0.2) is 29.3 Å². The molecule has 0 aromatic heterocycles. The number of hydrogen-bond donors (Lipinski definition) is 1. The van der Waals surface area contributed by atoms with Crippen LogP contribution in [-0.2, 0) is 4.74 Å². The fraction of sp³-hybridized carbons (Fsp3) is 0.533. The van der Waals surface area contributed by atoms with E-state index in [-0.39, 0.29) is 35.8 Å². The number of benzene rings is 1. The number of guanidine groups is 1. The number of nitrogens with two attached hydrogens (primary N) is 1. The molecule has 0 atom stereocenters. The summed E-state index contributed by atoms with van der Waals surface area (Å²) in [5.41, 5.74) is 7.10. The Morgan fingerprint density at radius 2 is 2.00 bits per heavy atom. The van der Waals surface area contributed by atoms with Gasteiger partial charge >= 0.3 is 0 Å². The second kappa shape index (κ2) is 7.40. The van der Waals surface area contributed by atoms with Gasteiger partial charge in [-0.2, -0.15) is 0 Å². The standard InChI is InChI=1S/C15H20FN3O.HI/c16-13-3-1-2-11(8-13)12-9-14(10-12)18-15(17)19-4-6-20-7-5-19;/h1-3,8,12,14H,4-7,9-10H2,(H2,17,18);1H. The van der Waals surface area contributed by atoms with E-state index in [1.165, 1.54) is 6.07 Å². The lowest BCUT2D eigenvalue weighted by Crippen LogP contribution is -2.46. The molecule has 4 nitrogen and oxygen atoms in total. The molecule has 0 spiro atoms. The fourth-order valence-electron chi connectivity index (χ4n) is 2.79. The van der Waals surface area contributed by atoms with Gasteiger partial charge in [-0.1, -0.05) is 12.1 Å². The van der Waals surface area contributed by atoms with Crippen molar-refractivity contribution in [3.63, 3.8) is 0 Å². The zero-order valence-corrected chi connectivity index (χ0v) is 14.2. The van der Waals surface area contributed by atoms with Crippen LogP contribution in [-0.4, -0.2) is 43.2 Å². The molecule has 1 heterocycles. The summed E-state index contributed by atoms with van der Waals surface area (Å²) < 4.78 is 18.5. The van der Waals surface area contributed by atoms with E-state index >= 15 is 0 Å². The van der Waals surface area contributed by atoms with Gasteiger partial charge in [0.15, 0.2) is 5.96 Å². The summed E-state index contributed by atoms with van der Waals surface area (Å²) in [7, 11) is 0. The smallest absolute Gasteiger partial charge is 0.191 e.